The predicted octanol–water partition coefficient (Wildman–Crippen LogP) is 1.66. The van der Waals surface area contributed by atoms with E-state index in [9.17, 15) is 8.42 Å². The molecule has 0 saturated carbocycles. The van der Waals surface area contributed by atoms with Gasteiger partial charge < -0.3 is 0 Å². The van der Waals surface area contributed by atoms with Crippen LogP contribution in [0.3, 0.4) is 0 Å². The lowest BCUT2D eigenvalue weighted by molar-refractivity contribution is 0.588. The number of rotatable bonds is 3. The third-order valence-corrected chi connectivity index (χ3v) is 3.86. The number of nitrogens with zero attached hydrogens (tertiary/aromatic N) is 1. The summed E-state index contributed by atoms with van der Waals surface area (Å²) in [7, 11) is -2.07. The summed E-state index contributed by atoms with van der Waals surface area (Å²) in [5.74, 6) is 0. The SMILES string of the molecule is CNS(=O)(=O)c1ccccc1-c1ccccn1. The van der Waals surface area contributed by atoms with Gasteiger partial charge in [-0.25, -0.2) is 13.1 Å². The largest absolute Gasteiger partial charge is 0.256 e. The fraction of sp³-hybridized carbons (Fsp3) is 0.0833. The van der Waals surface area contributed by atoms with E-state index in [0.29, 0.717) is 11.3 Å². The van der Waals surface area contributed by atoms with Crippen LogP contribution in [0.25, 0.3) is 11.3 Å². The molecule has 0 aliphatic heterocycles. The van der Waals surface area contributed by atoms with E-state index in [-0.39, 0.29) is 4.90 Å². The smallest absolute Gasteiger partial charge is 0.240 e. The number of aromatic nitrogens is 1. The molecule has 1 aromatic heterocycles. The van der Waals surface area contributed by atoms with Crippen molar-refractivity contribution >= 4 is 10.0 Å². The molecule has 0 aliphatic carbocycles. The number of pyridine rings is 1. The predicted molar refractivity (Wildman–Crippen MR) is 65.9 cm³/mol. The van der Waals surface area contributed by atoms with Crippen LogP contribution >= 0.6 is 0 Å². The zero-order valence-electron chi connectivity index (χ0n) is 9.29. The van der Waals surface area contributed by atoms with E-state index in [1.54, 1.807) is 42.6 Å². The Kier molecular flexibility index (Phi) is 3.21. The Bertz CT molecular complexity index is 609. The zero-order valence-corrected chi connectivity index (χ0v) is 10.1. The summed E-state index contributed by atoms with van der Waals surface area (Å²) in [6.45, 7) is 0. The summed E-state index contributed by atoms with van der Waals surface area (Å²) in [5.41, 5.74) is 1.24. The molecule has 1 aromatic carbocycles. The second-order valence-corrected chi connectivity index (χ2v) is 5.27. The summed E-state index contributed by atoms with van der Waals surface area (Å²) >= 11 is 0. The maximum Gasteiger partial charge on any atom is 0.240 e. The fourth-order valence-electron chi connectivity index (χ4n) is 1.54. The van der Waals surface area contributed by atoms with Crippen molar-refractivity contribution < 1.29 is 8.42 Å². The van der Waals surface area contributed by atoms with E-state index in [1.165, 1.54) is 7.05 Å². The highest BCUT2D eigenvalue weighted by molar-refractivity contribution is 7.89. The average Bonchev–Trinajstić information content (AvgIpc) is 2.40. The number of benzene rings is 1. The van der Waals surface area contributed by atoms with Gasteiger partial charge in [0.25, 0.3) is 0 Å². The maximum absolute atomic E-state index is 11.9. The Morgan fingerprint density at radius 2 is 1.76 bits per heavy atom. The van der Waals surface area contributed by atoms with Gasteiger partial charge in [0.05, 0.1) is 10.6 Å². The van der Waals surface area contributed by atoms with Crippen molar-refractivity contribution in [2.24, 2.45) is 0 Å². The van der Waals surface area contributed by atoms with Gasteiger partial charge >= 0.3 is 0 Å². The van der Waals surface area contributed by atoms with E-state index in [1.807, 2.05) is 6.07 Å². The van der Waals surface area contributed by atoms with Crippen LogP contribution in [0.15, 0.2) is 53.6 Å². The van der Waals surface area contributed by atoms with E-state index in [4.69, 9.17) is 0 Å². The highest BCUT2D eigenvalue weighted by Gasteiger charge is 2.17. The standard InChI is InChI=1S/C12H12N2O2S/c1-13-17(15,16)12-8-3-2-6-10(12)11-7-4-5-9-14-11/h2-9,13H,1H3. The molecule has 17 heavy (non-hydrogen) atoms. The van der Waals surface area contributed by atoms with Gasteiger partial charge in [0.15, 0.2) is 0 Å². The van der Waals surface area contributed by atoms with Crippen molar-refractivity contribution in [2.75, 3.05) is 7.05 Å². The van der Waals surface area contributed by atoms with E-state index >= 15 is 0 Å². The Morgan fingerprint density at radius 1 is 1.06 bits per heavy atom. The van der Waals surface area contributed by atoms with Crippen LogP contribution in [0.2, 0.25) is 0 Å². The molecular weight excluding hydrogens is 236 g/mol. The summed E-state index contributed by atoms with van der Waals surface area (Å²) in [4.78, 5) is 4.40. The Hall–Kier alpha value is -1.72. The second kappa shape index (κ2) is 4.65. The molecule has 0 aliphatic rings. The monoisotopic (exact) mass is 248 g/mol. The average molecular weight is 248 g/mol. The molecular formula is C12H12N2O2S. The Labute approximate surface area is 100 Å². The minimum absolute atomic E-state index is 0.237. The van der Waals surface area contributed by atoms with Gasteiger partial charge in [-0.3, -0.25) is 4.98 Å². The van der Waals surface area contributed by atoms with Gasteiger partial charge in [-0.2, -0.15) is 0 Å². The molecule has 1 N–H and O–H groups in total. The summed E-state index contributed by atoms with van der Waals surface area (Å²) < 4.78 is 26.0. The van der Waals surface area contributed by atoms with Crippen molar-refractivity contribution in [3.05, 3.63) is 48.7 Å². The van der Waals surface area contributed by atoms with E-state index in [2.05, 4.69) is 9.71 Å². The second-order valence-electron chi connectivity index (χ2n) is 3.42. The number of nitrogens with one attached hydrogen (secondary N) is 1. The minimum atomic E-state index is -3.47. The first-order chi connectivity index (χ1) is 8.15. The van der Waals surface area contributed by atoms with Gasteiger partial charge in [-0.1, -0.05) is 24.3 Å². The van der Waals surface area contributed by atoms with Crippen LogP contribution in [0, 0.1) is 0 Å². The molecule has 0 unspecified atom stereocenters. The summed E-state index contributed by atoms with van der Waals surface area (Å²) in [5, 5.41) is 0. The van der Waals surface area contributed by atoms with Crippen LogP contribution in [-0.2, 0) is 10.0 Å². The quantitative estimate of drug-likeness (QED) is 0.898. The van der Waals surface area contributed by atoms with Gasteiger partial charge in [-0.05, 0) is 25.2 Å². The highest BCUT2D eigenvalue weighted by atomic mass is 32.2. The highest BCUT2D eigenvalue weighted by Crippen LogP contribution is 2.24. The van der Waals surface area contributed by atoms with E-state index < -0.39 is 10.0 Å². The summed E-state index contributed by atoms with van der Waals surface area (Å²) in [6, 6.07) is 12.2. The first kappa shape index (κ1) is 11.8. The molecule has 0 bridgehead atoms. The molecule has 5 heteroatoms. The van der Waals surface area contributed by atoms with Crippen molar-refractivity contribution in [3.63, 3.8) is 0 Å². The molecule has 0 amide bonds. The van der Waals surface area contributed by atoms with Crippen LogP contribution in [0.4, 0.5) is 0 Å². The first-order valence-electron chi connectivity index (χ1n) is 5.09. The maximum atomic E-state index is 11.9. The van der Waals surface area contributed by atoms with Crippen LogP contribution in [-0.4, -0.2) is 20.4 Å². The van der Waals surface area contributed by atoms with Gasteiger partial charge in [-0.15, -0.1) is 0 Å². The molecule has 0 atom stereocenters. The van der Waals surface area contributed by atoms with Crippen molar-refractivity contribution in [2.45, 2.75) is 4.90 Å². The fourth-order valence-corrected chi connectivity index (χ4v) is 2.48. The molecule has 88 valence electrons. The van der Waals surface area contributed by atoms with Gasteiger partial charge in [0, 0.05) is 11.8 Å². The van der Waals surface area contributed by atoms with Crippen molar-refractivity contribution in [1.82, 2.24) is 9.71 Å². The molecule has 0 radical (unpaired) electrons. The molecule has 0 fully saturated rings. The van der Waals surface area contributed by atoms with Crippen molar-refractivity contribution in [3.8, 4) is 11.3 Å². The molecule has 1 heterocycles. The lowest BCUT2D eigenvalue weighted by Crippen LogP contribution is -2.19. The molecule has 2 aromatic rings. The lowest BCUT2D eigenvalue weighted by Gasteiger charge is -2.08. The lowest BCUT2D eigenvalue weighted by atomic mass is 10.1. The van der Waals surface area contributed by atoms with Crippen LogP contribution in [0.5, 0.6) is 0 Å². The number of hydrogen-bond donors (Lipinski definition) is 1. The van der Waals surface area contributed by atoms with Crippen LogP contribution in [0.1, 0.15) is 0 Å². The third kappa shape index (κ3) is 2.35. The zero-order chi connectivity index (χ0) is 12.3. The molecule has 0 spiro atoms. The summed E-state index contributed by atoms with van der Waals surface area (Å²) in [6.07, 6.45) is 1.64. The van der Waals surface area contributed by atoms with Gasteiger partial charge in [0.2, 0.25) is 10.0 Å². The normalized spacial score (nSPS) is 11.4. The third-order valence-electron chi connectivity index (χ3n) is 2.39. The first-order valence-corrected chi connectivity index (χ1v) is 6.57. The Balaban J connectivity index is 2.65. The van der Waals surface area contributed by atoms with E-state index in [0.717, 1.165) is 0 Å². The number of hydrogen-bond acceptors (Lipinski definition) is 3. The van der Waals surface area contributed by atoms with Crippen molar-refractivity contribution in [1.29, 1.82) is 0 Å². The molecule has 4 nitrogen and oxygen atoms in total. The molecule has 0 saturated heterocycles. The molecule has 2 rings (SSSR count). The topological polar surface area (TPSA) is 59.1 Å². The number of sulfonamides is 1. The minimum Gasteiger partial charge on any atom is -0.256 e. The van der Waals surface area contributed by atoms with Gasteiger partial charge in [0.1, 0.15) is 0 Å². The van der Waals surface area contributed by atoms with Crippen LogP contribution < -0.4 is 4.72 Å². The Morgan fingerprint density at radius 3 is 2.41 bits per heavy atom.